The number of hydrogen-bond donors (Lipinski definition) is 6. The van der Waals surface area contributed by atoms with Gasteiger partial charge >= 0.3 is 6.16 Å². The number of aromatic nitrogens is 5. The van der Waals surface area contributed by atoms with Crippen molar-refractivity contribution in [2.45, 2.75) is 34.9 Å². The summed E-state index contributed by atoms with van der Waals surface area (Å²) < 4.78 is 31.9. The van der Waals surface area contributed by atoms with Crippen molar-refractivity contribution >= 4 is 79.3 Å². The summed E-state index contributed by atoms with van der Waals surface area (Å²) in [5, 5.41) is 49.7. The molecule has 2 aliphatic heterocycles. The summed E-state index contributed by atoms with van der Waals surface area (Å²) >= 11 is 3.44. The smallest absolute Gasteiger partial charge is 0.504 e. The number of hydrogen-bond acceptors (Lipinski definition) is 19. The third kappa shape index (κ3) is 7.34. The number of rotatable bonds is 12. The first-order valence-corrected chi connectivity index (χ1v) is 18.8. The first-order valence-electron chi connectivity index (χ1n) is 14.3. The number of phenolic OH excluding ortho intramolecular Hbond substituents is 2. The Kier molecular flexibility index (Phi) is 9.94. The van der Waals surface area contributed by atoms with Gasteiger partial charge in [-0.15, -0.1) is 40.0 Å². The van der Waals surface area contributed by atoms with Gasteiger partial charge in [0.15, 0.2) is 28.2 Å². The van der Waals surface area contributed by atoms with E-state index in [0.717, 1.165) is 34.4 Å². The molecule has 3 aromatic heterocycles. The minimum Gasteiger partial charge on any atom is -0.504 e. The van der Waals surface area contributed by atoms with E-state index >= 15 is 0 Å². The van der Waals surface area contributed by atoms with Gasteiger partial charge in [0.2, 0.25) is 21.7 Å². The summed E-state index contributed by atoms with van der Waals surface area (Å²) in [4.78, 5) is 56.8. The van der Waals surface area contributed by atoms with E-state index in [1.165, 1.54) is 33.4 Å². The molecular formula is C27H25N9O11S4. The normalized spacial score (nSPS) is 17.6. The van der Waals surface area contributed by atoms with Crippen LogP contribution >= 0.6 is 34.9 Å². The fraction of sp³-hybridized carbons (Fsp3) is 0.259. The van der Waals surface area contributed by atoms with E-state index in [1.807, 2.05) is 0 Å². The summed E-state index contributed by atoms with van der Waals surface area (Å²) in [7, 11) is -4.22. The molecule has 7 N–H and O–H groups in total. The zero-order chi connectivity index (χ0) is 36.6. The van der Waals surface area contributed by atoms with Gasteiger partial charge in [0.25, 0.3) is 17.6 Å². The molecule has 268 valence electrons. The Morgan fingerprint density at radius 3 is 2.67 bits per heavy atom. The Balaban J connectivity index is 1.19. The highest BCUT2D eigenvalue weighted by atomic mass is 32.2. The molecule has 0 unspecified atom stereocenters. The highest BCUT2D eigenvalue weighted by molar-refractivity contribution is 8.01. The van der Waals surface area contributed by atoms with E-state index in [-0.39, 0.29) is 39.8 Å². The molecule has 1 aromatic carbocycles. The summed E-state index contributed by atoms with van der Waals surface area (Å²) in [6.07, 6.45) is -1.66. The number of nitrogens with two attached hydrogens (primary N) is 1. The summed E-state index contributed by atoms with van der Waals surface area (Å²) in [6.45, 7) is 1.36. The number of amides is 2. The zero-order valence-corrected chi connectivity index (χ0v) is 29.1. The number of aliphatic hydroxyl groups excluding tert-OH is 1. The molecule has 0 spiro atoms. The highest BCUT2D eigenvalue weighted by Crippen LogP contribution is 2.42. The van der Waals surface area contributed by atoms with Crippen molar-refractivity contribution in [3.8, 4) is 11.5 Å². The van der Waals surface area contributed by atoms with Crippen molar-refractivity contribution < 1.29 is 52.8 Å². The number of β-lactam (4-membered cyclic amide) rings is 1. The van der Waals surface area contributed by atoms with E-state index in [2.05, 4.69) is 30.5 Å². The Morgan fingerprint density at radius 1 is 1.20 bits per heavy atom. The van der Waals surface area contributed by atoms with Crippen molar-refractivity contribution in [2.75, 3.05) is 23.2 Å². The second-order valence-electron chi connectivity index (χ2n) is 10.6. The fourth-order valence-electron chi connectivity index (χ4n) is 4.77. The molecular weight excluding hydrogens is 755 g/mol. The van der Waals surface area contributed by atoms with Crippen LogP contribution in [-0.2, 0) is 35.6 Å². The number of carbonyl (C=O) groups is 3. The second kappa shape index (κ2) is 14.2. The van der Waals surface area contributed by atoms with E-state index in [4.69, 9.17) is 15.3 Å². The molecule has 24 heteroatoms. The number of benzene rings is 1. The minimum atomic E-state index is -4.22. The maximum absolute atomic E-state index is 13.5. The third-order valence-electron chi connectivity index (χ3n) is 7.10. The van der Waals surface area contributed by atoms with Crippen LogP contribution in [0.4, 0.5) is 9.93 Å². The lowest BCUT2D eigenvalue weighted by molar-refractivity contribution is -0.148. The van der Waals surface area contributed by atoms with Crippen molar-refractivity contribution in [1.82, 2.24) is 34.8 Å². The molecule has 51 heavy (non-hydrogen) atoms. The quantitative estimate of drug-likeness (QED) is 0.0218. The van der Waals surface area contributed by atoms with Gasteiger partial charge < -0.3 is 41.1 Å². The van der Waals surface area contributed by atoms with Gasteiger partial charge in [-0.1, -0.05) is 5.16 Å². The van der Waals surface area contributed by atoms with Crippen LogP contribution in [0.25, 0.3) is 5.78 Å². The highest BCUT2D eigenvalue weighted by Gasteiger charge is 2.54. The number of nitrogens with zero attached hydrogens (tertiary/aromatic N) is 7. The van der Waals surface area contributed by atoms with E-state index in [1.54, 1.807) is 13.0 Å². The van der Waals surface area contributed by atoms with Crippen LogP contribution in [0.1, 0.15) is 17.2 Å². The first kappa shape index (κ1) is 35.6. The largest absolute Gasteiger partial charge is 0.512 e. The monoisotopic (exact) mass is 779 g/mol. The lowest BCUT2D eigenvalue weighted by Crippen LogP contribution is -2.70. The second-order valence-corrected chi connectivity index (χ2v) is 15.5. The van der Waals surface area contributed by atoms with Crippen molar-refractivity contribution in [3.05, 3.63) is 58.3 Å². The van der Waals surface area contributed by atoms with Gasteiger partial charge in [-0.3, -0.25) is 14.5 Å². The maximum atomic E-state index is 13.5. The number of thioether (sulfide) groups is 2. The first-order chi connectivity index (χ1) is 24.2. The molecule has 0 saturated carbocycles. The number of aliphatic hydroxyl groups is 1. The Morgan fingerprint density at radius 2 is 1.98 bits per heavy atom. The number of carbonyl (C=O) groups excluding carboxylic acids is 2. The average Bonchev–Trinajstić information content (AvgIpc) is 3.71. The van der Waals surface area contributed by atoms with E-state index in [9.17, 15) is 43.2 Å². The van der Waals surface area contributed by atoms with Gasteiger partial charge in [-0.2, -0.15) is 9.50 Å². The molecule has 4 aromatic rings. The summed E-state index contributed by atoms with van der Waals surface area (Å²) in [5.74, 6) is -3.36. The number of phenols is 2. The maximum Gasteiger partial charge on any atom is 0.512 e. The number of nitrogen functional groups attached to an aromatic ring is 1. The topological polar surface area (TPSA) is 294 Å². The third-order valence-corrected chi connectivity index (χ3v) is 11.6. The number of aryl methyl sites for hydroxylation is 1. The van der Waals surface area contributed by atoms with Gasteiger partial charge in [-0.25, -0.2) is 23.2 Å². The van der Waals surface area contributed by atoms with Gasteiger partial charge in [0.05, 0.1) is 4.90 Å². The van der Waals surface area contributed by atoms with Crippen molar-refractivity contribution in [1.29, 1.82) is 0 Å². The van der Waals surface area contributed by atoms with Crippen LogP contribution in [0.2, 0.25) is 0 Å². The van der Waals surface area contributed by atoms with Crippen LogP contribution in [0.3, 0.4) is 0 Å². The van der Waals surface area contributed by atoms with Gasteiger partial charge in [-0.05, 0) is 25.1 Å². The number of fused-ring (bicyclic) bond motifs is 2. The van der Waals surface area contributed by atoms with Crippen LogP contribution < -0.4 is 11.1 Å². The Labute approximate surface area is 298 Å². The molecule has 0 bridgehead atoms. The predicted molar refractivity (Wildman–Crippen MR) is 179 cm³/mol. The molecule has 6 rings (SSSR count). The van der Waals surface area contributed by atoms with Crippen molar-refractivity contribution in [2.24, 2.45) is 5.16 Å². The molecule has 0 aliphatic carbocycles. The molecule has 2 aliphatic rings. The number of anilines is 1. The fourth-order valence-corrected chi connectivity index (χ4v) is 8.71. The van der Waals surface area contributed by atoms with Gasteiger partial charge in [0, 0.05) is 34.2 Å². The summed E-state index contributed by atoms with van der Waals surface area (Å²) in [5.41, 5.74) is 6.22. The minimum absolute atomic E-state index is 0.0535. The van der Waals surface area contributed by atoms with Crippen LogP contribution in [0, 0.1) is 6.92 Å². The lowest BCUT2D eigenvalue weighted by atomic mass is 10.1. The molecule has 5 heterocycles. The average molecular weight is 780 g/mol. The van der Waals surface area contributed by atoms with E-state index < -0.39 is 73.9 Å². The SMILES string of the molecule is Cc1cc(SCC2=C(OC(=O)O)N3C(=O)[C@@H](NC(=O)/C(=N\OCS(=O)(=O)c4ccc(O)c(O)c4)c4csc(N)n4)[C@H]3SC2)n2nc(CO)nc2n1. The number of aromatic hydroxyl groups is 2. The van der Waals surface area contributed by atoms with Crippen LogP contribution in [0.5, 0.6) is 11.5 Å². The Hall–Kier alpha value is -5.17. The molecule has 20 nitrogen and oxygen atoms in total. The van der Waals surface area contributed by atoms with E-state index in [0.29, 0.717) is 16.3 Å². The lowest BCUT2D eigenvalue weighted by Gasteiger charge is -2.49. The number of ether oxygens (including phenoxy) is 1. The molecule has 2 atom stereocenters. The van der Waals surface area contributed by atoms with Crippen LogP contribution in [0.15, 0.2) is 56.2 Å². The molecule has 0 radical (unpaired) electrons. The Bertz CT molecular complexity index is 2240. The number of thiazole rings is 1. The van der Waals surface area contributed by atoms with Crippen molar-refractivity contribution in [3.63, 3.8) is 0 Å². The zero-order valence-electron chi connectivity index (χ0n) is 25.9. The molecule has 2 amide bonds. The summed E-state index contributed by atoms with van der Waals surface area (Å²) in [6, 6.07) is 3.37. The number of carboxylic acid groups (broad SMARTS) is 1. The molecule has 1 fully saturated rings. The van der Waals surface area contributed by atoms with Gasteiger partial charge in [0.1, 0.15) is 28.7 Å². The number of nitrogens with one attached hydrogen (secondary N) is 1. The predicted octanol–water partition coefficient (Wildman–Crippen LogP) is 0.625. The number of oxime groups is 1. The standard InChI is InChI=1S/C27H25N9O11S4/c1-11-4-18(36-26(29-11)31-17(6-37)33-36)48-7-12-8-49-24-20(22(41)35(24)23(12)47-27(42)43)32-21(40)19(14-9-50-25(28)30-14)34-46-10-51(44,45)13-2-3-15(38)16(39)5-13/h2-5,9,20,24,37-39H,6-8,10H2,1H3,(H2,28,30)(H,32,40)(H,42,43)/b34-19-/t20-,24-/m1/s1. The van der Waals surface area contributed by atoms with Crippen LogP contribution in [-0.4, -0.2) is 111 Å². The number of sulfone groups is 1. The molecule has 1 saturated heterocycles.